The monoisotopic (exact) mass is 266 g/mol. The molecule has 0 aromatic carbocycles. The zero-order chi connectivity index (χ0) is 13.1. The SMILES string of the molecule is COC1CC(NS(=O)(=O)N(C)CCC(=O)O)C1. The number of nitrogens with zero attached hydrogens (tertiary/aromatic N) is 1. The van der Waals surface area contributed by atoms with Crippen LogP contribution in [0.5, 0.6) is 0 Å². The van der Waals surface area contributed by atoms with Gasteiger partial charge in [0.1, 0.15) is 0 Å². The van der Waals surface area contributed by atoms with Crippen molar-refractivity contribution >= 4 is 16.2 Å². The number of hydrogen-bond acceptors (Lipinski definition) is 4. The van der Waals surface area contributed by atoms with E-state index >= 15 is 0 Å². The maximum atomic E-state index is 11.7. The second-order valence-corrected chi connectivity index (χ2v) is 5.92. The van der Waals surface area contributed by atoms with E-state index in [1.165, 1.54) is 7.05 Å². The van der Waals surface area contributed by atoms with Crippen LogP contribution in [0, 0.1) is 0 Å². The molecule has 0 bridgehead atoms. The van der Waals surface area contributed by atoms with Gasteiger partial charge in [0.05, 0.1) is 12.5 Å². The zero-order valence-electron chi connectivity index (χ0n) is 9.92. The Kier molecular flexibility index (Phi) is 4.87. The second-order valence-electron chi connectivity index (χ2n) is 4.11. The van der Waals surface area contributed by atoms with E-state index in [1.807, 2.05) is 0 Å². The van der Waals surface area contributed by atoms with Crippen LogP contribution in [0.3, 0.4) is 0 Å². The van der Waals surface area contributed by atoms with Crippen LogP contribution in [0.25, 0.3) is 0 Å². The van der Waals surface area contributed by atoms with E-state index < -0.39 is 16.2 Å². The Morgan fingerprint density at radius 1 is 1.53 bits per heavy atom. The highest BCUT2D eigenvalue weighted by atomic mass is 32.2. The first-order chi connectivity index (χ1) is 7.85. The molecule has 1 aliphatic rings. The molecule has 0 saturated heterocycles. The van der Waals surface area contributed by atoms with Gasteiger partial charge in [0, 0.05) is 26.7 Å². The lowest BCUT2D eigenvalue weighted by molar-refractivity contribution is -0.137. The molecule has 0 aromatic heterocycles. The van der Waals surface area contributed by atoms with E-state index in [4.69, 9.17) is 9.84 Å². The fourth-order valence-corrected chi connectivity index (χ4v) is 2.65. The highest BCUT2D eigenvalue weighted by Gasteiger charge is 2.33. The molecule has 1 fully saturated rings. The Bertz CT molecular complexity index is 364. The molecule has 0 spiro atoms. The first-order valence-corrected chi connectivity index (χ1v) is 6.77. The number of rotatable bonds is 7. The number of nitrogens with one attached hydrogen (secondary N) is 1. The first-order valence-electron chi connectivity index (χ1n) is 5.33. The molecule has 8 heteroatoms. The van der Waals surface area contributed by atoms with E-state index in [0.717, 1.165) is 4.31 Å². The van der Waals surface area contributed by atoms with E-state index in [0.29, 0.717) is 12.8 Å². The lowest BCUT2D eigenvalue weighted by Crippen LogP contribution is -2.51. The summed E-state index contributed by atoms with van der Waals surface area (Å²) in [5, 5.41) is 8.48. The van der Waals surface area contributed by atoms with Crippen LogP contribution < -0.4 is 4.72 Å². The van der Waals surface area contributed by atoms with E-state index in [2.05, 4.69) is 4.72 Å². The predicted octanol–water partition coefficient (Wildman–Crippen LogP) is -0.595. The fourth-order valence-electron chi connectivity index (χ4n) is 1.53. The average molecular weight is 266 g/mol. The maximum absolute atomic E-state index is 11.7. The minimum Gasteiger partial charge on any atom is -0.481 e. The molecule has 0 radical (unpaired) electrons. The Morgan fingerprint density at radius 2 is 2.12 bits per heavy atom. The van der Waals surface area contributed by atoms with Crippen LogP contribution in [-0.4, -0.2) is 56.6 Å². The molecule has 0 aliphatic heterocycles. The molecular formula is C9H18N2O5S. The highest BCUT2D eigenvalue weighted by molar-refractivity contribution is 7.87. The molecule has 1 saturated carbocycles. The van der Waals surface area contributed by atoms with Gasteiger partial charge >= 0.3 is 5.97 Å². The average Bonchev–Trinajstić information content (AvgIpc) is 2.19. The van der Waals surface area contributed by atoms with Gasteiger partial charge in [0.25, 0.3) is 10.2 Å². The van der Waals surface area contributed by atoms with Crippen LogP contribution in [0.4, 0.5) is 0 Å². The molecule has 0 atom stereocenters. The molecule has 1 aliphatic carbocycles. The molecule has 0 amide bonds. The summed E-state index contributed by atoms with van der Waals surface area (Å²) in [5.41, 5.74) is 0. The third-order valence-corrected chi connectivity index (χ3v) is 4.43. The summed E-state index contributed by atoms with van der Waals surface area (Å²) >= 11 is 0. The van der Waals surface area contributed by atoms with E-state index in [-0.39, 0.29) is 25.1 Å². The third kappa shape index (κ3) is 4.23. The summed E-state index contributed by atoms with van der Waals surface area (Å²) in [6.45, 7) is -0.0366. The zero-order valence-corrected chi connectivity index (χ0v) is 10.7. The van der Waals surface area contributed by atoms with Crippen LogP contribution >= 0.6 is 0 Å². The summed E-state index contributed by atoms with van der Waals surface area (Å²) < 4.78 is 32.0. The normalized spacial score (nSPS) is 24.6. The van der Waals surface area contributed by atoms with Gasteiger partial charge in [-0.3, -0.25) is 4.79 Å². The number of carbonyl (C=O) groups is 1. The maximum Gasteiger partial charge on any atom is 0.304 e. The van der Waals surface area contributed by atoms with Gasteiger partial charge in [0.2, 0.25) is 0 Å². The van der Waals surface area contributed by atoms with Crippen molar-refractivity contribution in [2.75, 3.05) is 20.7 Å². The Labute approximate surface area is 101 Å². The van der Waals surface area contributed by atoms with Crippen molar-refractivity contribution in [3.63, 3.8) is 0 Å². The quantitative estimate of drug-likeness (QED) is 0.642. The third-order valence-electron chi connectivity index (χ3n) is 2.79. The number of ether oxygens (including phenoxy) is 1. The van der Waals surface area contributed by atoms with E-state index in [1.54, 1.807) is 7.11 Å². The summed E-state index contributed by atoms with van der Waals surface area (Å²) in [5.74, 6) is -1.02. The number of carboxylic acid groups (broad SMARTS) is 1. The minimum absolute atomic E-state index is 0.0366. The van der Waals surface area contributed by atoms with Crippen molar-refractivity contribution in [1.29, 1.82) is 0 Å². The molecule has 0 aromatic rings. The van der Waals surface area contributed by atoms with Gasteiger partial charge in [0.15, 0.2) is 0 Å². The summed E-state index contributed by atoms with van der Waals surface area (Å²) in [4.78, 5) is 10.3. The van der Waals surface area contributed by atoms with Crippen molar-refractivity contribution < 1.29 is 23.1 Å². The highest BCUT2D eigenvalue weighted by Crippen LogP contribution is 2.23. The molecule has 2 N–H and O–H groups in total. The van der Waals surface area contributed by atoms with Crippen LogP contribution in [0.15, 0.2) is 0 Å². The molecule has 17 heavy (non-hydrogen) atoms. The van der Waals surface area contributed by atoms with Crippen LogP contribution in [0.2, 0.25) is 0 Å². The molecule has 0 heterocycles. The summed E-state index contributed by atoms with van der Waals surface area (Å²) in [6.07, 6.45) is 1.22. The molecule has 0 unspecified atom stereocenters. The van der Waals surface area contributed by atoms with Gasteiger partial charge in [-0.25, -0.2) is 0 Å². The Balaban J connectivity index is 2.38. The number of hydrogen-bond donors (Lipinski definition) is 2. The second kappa shape index (κ2) is 5.76. The van der Waals surface area contributed by atoms with E-state index in [9.17, 15) is 13.2 Å². The fraction of sp³-hybridized carbons (Fsp3) is 0.889. The lowest BCUT2D eigenvalue weighted by atomic mass is 9.90. The van der Waals surface area contributed by atoms with Crippen molar-refractivity contribution in [1.82, 2.24) is 9.03 Å². The minimum atomic E-state index is -3.58. The van der Waals surface area contributed by atoms with Crippen LogP contribution in [0.1, 0.15) is 19.3 Å². The molecular weight excluding hydrogens is 248 g/mol. The summed E-state index contributed by atoms with van der Waals surface area (Å²) in [6, 6.07) is -0.114. The number of methoxy groups -OCH3 is 1. The summed E-state index contributed by atoms with van der Waals surface area (Å²) in [7, 11) is -0.633. The van der Waals surface area contributed by atoms with Gasteiger partial charge in [-0.05, 0) is 12.8 Å². The van der Waals surface area contributed by atoms with Gasteiger partial charge in [-0.1, -0.05) is 0 Å². The molecule has 100 valence electrons. The topological polar surface area (TPSA) is 95.9 Å². The van der Waals surface area contributed by atoms with Gasteiger partial charge < -0.3 is 9.84 Å². The molecule has 7 nitrogen and oxygen atoms in total. The lowest BCUT2D eigenvalue weighted by Gasteiger charge is -2.35. The van der Waals surface area contributed by atoms with Crippen molar-refractivity contribution in [3.05, 3.63) is 0 Å². The largest absolute Gasteiger partial charge is 0.481 e. The number of carboxylic acids is 1. The smallest absolute Gasteiger partial charge is 0.304 e. The molecule has 1 rings (SSSR count). The number of aliphatic carboxylic acids is 1. The first kappa shape index (κ1) is 14.4. The van der Waals surface area contributed by atoms with Crippen molar-refractivity contribution in [3.8, 4) is 0 Å². The predicted molar refractivity (Wildman–Crippen MR) is 60.8 cm³/mol. The Hall–Kier alpha value is -0.700. The Morgan fingerprint density at radius 3 is 2.59 bits per heavy atom. The standard InChI is InChI=1S/C9H18N2O5S/c1-11(4-3-9(12)13)17(14,15)10-7-5-8(6-7)16-2/h7-8,10H,3-6H2,1-2H3,(H,12,13). The van der Waals surface area contributed by atoms with Gasteiger partial charge in [-0.2, -0.15) is 17.4 Å². The van der Waals surface area contributed by atoms with Gasteiger partial charge in [-0.15, -0.1) is 0 Å². The van der Waals surface area contributed by atoms with Crippen molar-refractivity contribution in [2.45, 2.75) is 31.4 Å². The van der Waals surface area contributed by atoms with Crippen LogP contribution in [-0.2, 0) is 19.7 Å². The van der Waals surface area contributed by atoms with Crippen molar-refractivity contribution in [2.24, 2.45) is 0 Å².